The van der Waals surface area contributed by atoms with E-state index in [4.69, 9.17) is 0 Å². The third-order valence-corrected chi connectivity index (χ3v) is 215. The standard InChI is InChI=1S/2C11H11.C4H8Si.4CH3.2Hf/c2*1-2-9-7-10-5-3-4-6-11(10)8-9;1-2-4-5-3-1;;;;;;/h2*3-8H,2H2,1H3;1-4H2;4*1H3;;. The van der Waals surface area contributed by atoms with E-state index in [1.807, 2.05) is 11.1 Å². The van der Waals surface area contributed by atoms with Gasteiger partial charge in [0.2, 0.25) is 0 Å². The molecular formula is C30H42Hf2Si. The van der Waals surface area contributed by atoms with Crippen LogP contribution in [0.3, 0.4) is 0 Å². The molecule has 2 aliphatic carbocycles. The average Bonchev–Trinajstić information content (AvgIpc) is 3.54. The van der Waals surface area contributed by atoms with Gasteiger partial charge in [-0.15, -0.1) is 0 Å². The first-order valence-electron chi connectivity index (χ1n) is 13.4. The van der Waals surface area contributed by atoms with Crippen LogP contribution in [0.25, 0.3) is 12.2 Å². The zero-order chi connectivity index (χ0) is 23.4. The topological polar surface area (TPSA) is 0 Å². The van der Waals surface area contributed by atoms with E-state index in [2.05, 4.69) is 93.3 Å². The van der Waals surface area contributed by atoms with Crippen LogP contribution in [-0.2, 0) is 38.3 Å². The third-order valence-electron chi connectivity index (χ3n) is 10.2. The van der Waals surface area contributed by atoms with Gasteiger partial charge in [-0.2, -0.15) is 0 Å². The van der Waals surface area contributed by atoms with Crippen molar-refractivity contribution in [1.82, 2.24) is 0 Å². The van der Waals surface area contributed by atoms with E-state index in [9.17, 15) is 0 Å². The summed E-state index contributed by atoms with van der Waals surface area (Å²) in [6.45, 7) is 4.86. The second-order valence-corrected chi connectivity index (χ2v) is 105. The summed E-state index contributed by atoms with van der Waals surface area (Å²) >= 11 is -5.45. The predicted molar refractivity (Wildman–Crippen MR) is 143 cm³/mol. The van der Waals surface area contributed by atoms with Crippen molar-refractivity contribution in [2.24, 2.45) is 0 Å². The van der Waals surface area contributed by atoms with Crippen LogP contribution in [0.1, 0.15) is 69.1 Å². The molecule has 2 atom stereocenters. The molecule has 3 aliphatic rings. The molecule has 1 aliphatic heterocycles. The molecular weight excluding hydrogens is 745 g/mol. The molecule has 5 rings (SSSR count). The van der Waals surface area contributed by atoms with Gasteiger partial charge in [0, 0.05) is 0 Å². The number of rotatable bonds is 6. The first-order chi connectivity index (χ1) is 15.8. The first-order valence-corrected chi connectivity index (χ1v) is 45.1. The van der Waals surface area contributed by atoms with Crippen molar-refractivity contribution in [1.29, 1.82) is 0 Å². The number of hydrogen-bond acceptors (Lipinski definition) is 0. The molecule has 1 saturated heterocycles. The number of hydrogen-bond donors (Lipinski definition) is 0. The van der Waals surface area contributed by atoms with Crippen LogP contribution >= 0.6 is 0 Å². The molecule has 0 spiro atoms. The van der Waals surface area contributed by atoms with E-state index in [0.29, 0.717) is 0 Å². The first kappa shape index (κ1) is 24.6. The van der Waals surface area contributed by atoms with Gasteiger partial charge in [0.25, 0.3) is 0 Å². The molecule has 0 amide bonds. The summed E-state index contributed by atoms with van der Waals surface area (Å²) in [6.07, 6.45) is 10.8. The van der Waals surface area contributed by atoms with Crippen molar-refractivity contribution in [3.05, 3.63) is 81.9 Å². The summed E-state index contributed by atoms with van der Waals surface area (Å²) in [4.78, 5) is 0. The summed E-state index contributed by atoms with van der Waals surface area (Å²) in [5.41, 5.74) is 10.2. The summed E-state index contributed by atoms with van der Waals surface area (Å²) in [6, 6.07) is 22.4. The Labute approximate surface area is 210 Å². The monoisotopic (exact) mass is 790 g/mol. The van der Waals surface area contributed by atoms with E-state index >= 15 is 0 Å². The molecule has 0 radical (unpaired) electrons. The van der Waals surface area contributed by atoms with Crippen LogP contribution in [0.15, 0.2) is 59.7 Å². The molecule has 0 N–H and O–H groups in total. The quantitative estimate of drug-likeness (QED) is 0.256. The summed E-state index contributed by atoms with van der Waals surface area (Å²) in [5.74, 6) is 0. The zero-order valence-electron chi connectivity index (χ0n) is 21.7. The Balaban J connectivity index is 1.67. The molecule has 3 heteroatoms. The Morgan fingerprint density at radius 3 is 1.45 bits per heavy atom. The Bertz CT molecular complexity index is 1030. The van der Waals surface area contributed by atoms with Crippen LogP contribution in [0, 0.1) is 0 Å². The molecule has 0 saturated carbocycles. The minimum absolute atomic E-state index is 0.855. The summed E-state index contributed by atoms with van der Waals surface area (Å²) < 4.78 is 12.3. The van der Waals surface area contributed by atoms with Gasteiger partial charge in [-0.3, -0.25) is 0 Å². The van der Waals surface area contributed by atoms with Gasteiger partial charge in [-0.25, -0.2) is 0 Å². The van der Waals surface area contributed by atoms with Gasteiger partial charge in [-0.1, -0.05) is 0 Å². The maximum atomic E-state index is 2.97. The van der Waals surface area contributed by atoms with E-state index in [-0.39, 0.29) is 0 Å². The van der Waals surface area contributed by atoms with Crippen LogP contribution in [-0.4, -0.2) is 2.45 Å². The molecule has 1 heterocycles. The zero-order valence-corrected chi connectivity index (χ0v) is 29.9. The van der Waals surface area contributed by atoms with Gasteiger partial charge in [0.1, 0.15) is 0 Å². The Morgan fingerprint density at radius 1 is 0.667 bits per heavy atom. The van der Waals surface area contributed by atoms with E-state index in [0.717, 1.165) is 7.35 Å². The molecule has 2 aromatic rings. The minimum atomic E-state index is -2.73. The molecule has 1 fully saturated rings. The van der Waals surface area contributed by atoms with Crippen LogP contribution in [0.5, 0.6) is 0 Å². The van der Waals surface area contributed by atoms with Gasteiger partial charge in [0.05, 0.1) is 0 Å². The number of fused-ring (bicyclic) bond motifs is 2. The van der Waals surface area contributed by atoms with Crippen molar-refractivity contribution in [3.8, 4) is 0 Å². The summed E-state index contributed by atoms with van der Waals surface area (Å²) in [5, 5.41) is 0. The van der Waals surface area contributed by atoms with Crippen molar-refractivity contribution in [3.63, 3.8) is 0 Å². The van der Waals surface area contributed by atoms with Crippen molar-refractivity contribution >= 4 is 14.6 Å². The second kappa shape index (κ2) is 9.07. The van der Waals surface area contributed by atoms with Crippen LogP contribution < -0.4 is 0 Å². The van der Waals surface area contributed by atoms with Gasteiger partial charge in [-0.05, 0) is 0 Å². The fourth-order valence-corrected chi connectivity index (χ4v) is 275. The summed E-state index contributed by atoms with van der Waals surface area (Å²) in [7, 11) is 0. The van der Waals surface area contributed by atoms with E-state index in [1.54, 1.807) is 34.3 Å². The maximum absolute atomic E-state index is 2.97. The van der Waals surface area contributed by atoms with Crippen LogP contribution in [0.2, 0.25) is 30.8 Å². The predicted octanol–water partition coefficient (Wildman–Crippen LogP) is 9.82. The van der Waals surface area contributed by atoms with Gasteiger partial charge < -0.3 is 0 Å². The van der Waals surface area contributed by atoms with Crippen LogP contribution in [0.4, 0.5) is 0 Å². The average molecular weight is 788 g/mol. The second-order valence-electron chi connectivity index (χ2n) is 12.0. The van der Waals surface area contributed by atoms with Crippen molar-refractivity contribution in [2.75, 3.05) is 0 Å². The molecule has 0 nitrogen and oxygen atoms in total. The van der Waals surface area contributed by atoms with Gasteiger partial charge in [0.15, 0.2) is 0 Å². The molecule has 33 heavy (non-hydrogen) atoms. The van der Waals surface area contributed by atoms with Crippen molar-refractivity contribution < 1.29 is 38.3 Å². The fraction of sp³-hybridized carbons (Fsp3) is 0.467. The number of allylic oxidation sites excluding steroid dienone is 2. The third kappa shape index (κ3) is 3.60. The Hall–Kier alpha value is -0.123. The number of benzene rings is 2. The van der Waals surface area contributed by atoms with Crippen molar-refractivity contribution in [2.45, 2.75) is 77.7 Å². The Kier molecular flexibility index (Phi) is 6.75. The normalized spacial score (nSPS) is 23.8. The SMILES string of the molecule is CCC1=Cc2ccccc2[CH]1[Hf]([CH3])([CH3])[Si]1([Hf]([CH3])([CH3])[CH]2C(CC)=Cc3ccccc32)CCCC1. The molecule has 0 bridgehead atoms. The molecule has 174 valence electrons. The molecule has 2 aromatic carbocycles. The molecule has 2 unspecified atom stereocenters. The van der Waals surface area contributed by atoms with Gasteiger partial charge >= 0.3 is 212 Å². The molecule has 0 aromatic heterocycles. The Morgan fingerprint density at radius 2 is 1.06 bits per heavy atom. The fourth-order valence-electron chi connectivity index (χ4n) is 8.74. The van der Waals surface area contributed by atoms with E-state index < -0.39 is 40.7 Å². The van der Waals surface area contributed by atoms with E-state index in [1.165, 1.54) is 25.7 Å².